The number of amides is 1. The Balaban J connectivity index is 1.61. The van der Waals surface area contributed by atoms with Crippen molar-refractivity contribution in [1.29, 1.82) is 0 Å². The Morgan fingerprint density at radius 3 is 2.91 bits per heavy atom. The number of aromatic nitrogens is 3. The predicted molar refractivity (Wildman–Crippen MR) is 125 cm³/mol. The number of nitrogens with zero attached hydrogens (tertiary/aromatic N) is 3. The summed E-state index contributed by atoms with van der Waals surface area (Å²) in [5.41, 5.74) is 1.45. The van der Waals surface area contributed by atoms with Gasteiger partial charge in [-0.3, -0.25) is 9.36 Å². The maximum absolute atomic E-state index is 12.5. The molecule has 1 aromatic carbocycles. The summed E-state index contributed by atoms with van der Waals surface area (Å²) in [6.07, 6.45) is 1.74. The van der Waals surface area contributed by atoms with E-state index in [1.54, 1.807) is 24.4 Å². The molecule has 1 N–H and O–H groups in total. The zero-order chi connectivity index (χ0) is 22.9. The SMILES string of the molecule is C=CCn1c(COc2cccc(C)c2)nnc1SCC(=O)Nc1sccc1C(=O)OCC. The number of carbonyl (C=O) groups is 2. The molecule has 2 aromatic heterocycles. The first-order valence-corrected chi connectivity index (χ1v) is 11.8. The second-order valence-corrected chi connectivity index (χ2v) is 8.48. The number of benzene rings is 1. The van der Waals surface area contributed by atoms with Gasteiger partial charge in [0.25, 0.3) is 0 Å². The van der Waals surface area contributed by atoms with Gasteiger partial charge in [-0.15, -0.1) is 28.1 Å². The smallest absolute Gasteiger partial charge is 0.341 e. The number of carbonyl (C=O) groups excluding carboxylic acids is 2. The number of aryl methyl sites for hydroxylation is 1. The fourth-order valence-corrected chi connectivity index (χ4v) is 4.32. The lowest BCUT2D eigenvalue weighted by molar-refractivity contribution is -0.113. The topological polar surface area (TPSA) is 95.3 Å². The minimum absolute atomic E-state index is 0.105. The molecule has 10 heteroatoms. The normalized spacial score (nSPS) is 10.6. The third kappa shape index (κ3) is 6.21. The second-order valence-electron chi connectivity index (χ2n) is 6.62. The average molecular weight is 473 g/mol. The highest BCUT2D eigenvalue weighted by Crippen LogP contribution is 2.25. The van der Waals surface area contributed by atoms with Crippen LogP contribution in [0.25, 0.3) is 0 Å². The molecular formula is C22H24N4O4S2. The van der Waals surface area contributed by atoms with E-state index in [0.717, 1.165) is 11.3 Å². The Bertz CT molecular complexity index is 1090. The summed E-state index contributed by atoms with van der Waals surface area (Å²) < 4.78 is 12.7. The fourth-order valence-electron chi connectivity index (χ4n) is 2.77. The molecule has 3 rings (SSSR count). The van der Waals surface area contributed by atoms with Gasteiger partial charge in [-0.05, 0) is 43.0 Å². The Labute approximate surface area is 194 Å². The Hall–Kier alpha value is -3.11. The number of hydrogen-bond donors (Lipinski definition) is 1. The zero-order valence-electron chi connectivity index (χ0n) is 17.9. The Kier molecular flexibility index (Phi) is 8.46. The van der Waals surface area contributed by atoms with Crippen molar-refractivity contribution in [1.82, 2.24) is 14.8 Å². The number of thioether (sulfide) groups is 1. The summed E-state index contributed by atoms with van der Waals surface area (Å²) in [6.45, 7) is 8.52. The van der Waals surface area contributed by atoms with Crippen molar-refractivity contribution in [2.75, 3.05) is 17.7 Å². The van der Waals surface area contributed by atoms with E-state index >= 15 is 0 Å². The summed E-state index contributed by atoms with van der Waals surface area (Å²) in [7, 11) is 0. The van der Waals surface area contributed by atoms with E-state index in [0.29, 0.717) is 28.1 Å². The van der Waals surface area contributed by atoms with Crippen LogP contribution in [0.2, 0.25) is 0 Å². The van der Waals surface area contributed by atoms with Crippen LogP contribution in [0, 0.1) is 6.92 Å². The maximum atomic E-state index is 12.5. The van der Waals surface area contributed by atoms with Crippen LogP contribution in [-0.4, -0.2) is 39.0 Å². The van der Waals surface area contributed by atoms with Crippen molar-refractivity contribution in [2.24, 2.45) is 0 Å². The molecule has 0 aliphatic rings. The molecule has 0 saturated carbocycles. The molecule has 8 nitrogen and oxygen atoms in total. The third-order valence-corrected chi connectivity index (χ3v) is 6.01. The van der Waals surface area contributed by atoms with Crippen molar-refractivity contribution in [3.8, 4) is 5.75 Å². The third-order valence-electron chi connectivity index (χ3n) is 4.21. The van der Waals surface area contributed by atoms with Crippen molar-refractivity contribution in [3.05, 3.63) is 65.3 Å². The van der Waals surface area contributed by atoms with Crippen LogP contribution < -0.4 is 10.1 Å². The van der Waals surface area contributed by atoms with Crippen LogP contribution in [-0.2, 0) is 22.7 Å². The van der Waals surface area contributed by atoms with Crippen LogP contribution in [0.1, 0.15) is 28.7 Å². The molecule has 0 aliphatic heterocycles. The highest BCUT2D eigenvalue weighted by molar-refractivity contribution is 7.99. The van der Waals surface area contributed by atoms with Gasteiger partial charge in [0.05, 0.1) is 17.9 Å². The molecule has 0 aliphatic carbocycles. The van der Waals surface area contributed by atoms with Crippen LogP contribution in [0.15, 0.2) is 53.5 Å². The van der Waals surface area contributed by atoms with E-state index in [9.17, 15) is 9.59 Å². The molecule has 0 bridgehead atoms. The highest BCUT2D eigenvalue weighted by atomic mass is 32.2. The van der Waals surface area contributed by atoms with E-state index in [2.05, 4.69) is 22.1 Å². The zero-order valence-corrected chi connectivity index (χ0v) is 19.5. The van der Waals surface area contributed by atoms with Crippen molar-refractivity contribution < 1.29 is 19.1 Å². The largest absolute Gasteiger partial charge is 0.486 e. The number of anilines is 1. The van der Waals surface area contributed by atoms with Crippen molar-refractivity contribution in [2.45, 2.75) is 32.2 Å². The van der Waals surface area contributed by atoms with Gasteiger partial charge in [-0.1, -0.05) is 30.0 Å². The molecule has 0 spiro atoms. The van der Waals surface area contributed by atoms with E-state index in [4.69, 9.17) is 9.47 Å². The molecule has 32 heavy (non-hydrogen) atoms. The number of allylic oxidation sites excluding steroid dienone is 1. The first kappa shape index (κ1) is 23.6. The lowest BCUT2D eigenvalue weighted by atomic mass is 10.2. The van der Waals surface area contributed by atoms with Crippen LogP contribution >= 0.6 is 23.1 Å². The molecule has 168 valence electrons. The summed E-state index contributed by atoms with van der Waals surface area (Å²) >= 11 is 2.52. The molecular weight excluding hydrogens is 448 g/mol. The lowest BCUT2D eigenvalue weighted by Gasteiger charge is -2.10. The molecule has 0 atom stereocenters. The van der Waals surface area contributed by atoms with Gasteiger partial charge in [0, 0.05) is 6.54 Å². The summed E-state index contributed by atoms with van der Waals surface area (Å²) in [5, 5.41) is 14.0. The van der Waals surface area contributed by atoms with Crippen LogP contribution in [0.4, 0.5) is 5.00 Å². The monoisotopic (exact) mass is 472 g/mol. The maximum Gasteiger partial charge on any atom is 0.341 e. The first-order chi connectivity index (χ1) is 15.5. The minimum Gasteiger partial charge on any atom is -0.486 e. The molecule has 3 aromatic rings. The standard InChI is InChI=1S/C22H24N4O4S2/c1-4-10-26-18(13-30-16-8-6-7-15(3)12-16)24-25-22(26)32-14-19(27)23-20-17(9-11-31-20)21(28)29-5-2/h4,6-9,11-12H,1,5,10,13-14H2,2-3H3,(H,23,27). The van der Waals surface area contributed by atoms with Gasteiger partial charge in [-0.25, -0.2) is 4.79 Å². The fraction of sp³-hybridized carbons (Fsp3) is 0.273. The summed E-state index contributed by atoms with van der Waals surface area (Å²) in [5.74, 6) is 0.778. The first-order valence-electron chi connectivity index (χ1n) is 9.91. The highest BCUT2D eigenvalue weighted by Gasteiger charge is 2.18. The van der Waals surface area contributed by atoms with Crippen molar-refractivity contribution in [3.63, 3.8) is 0 Å². The lowest BCUT2D eigenvalue weighted by Crippen LogP contribution is -2.16. The Morgan fingerprint density at radius 2 is 2.16 bits per heavy atom. The second kappa shape index (κ2) is 11.5. The van der Waals surface area contributed by atoms with E-state index in [1.165, 1.54) is 23.1 Å². The molecule has 0 radical (unpaired) electrons. The molecule has 2 heterocycles. The summed E-state index contributed by atoms with van der Waals surface area (Å²) in [6, 6.07) is 9.39. The molecule has 0 unspecified atom stereocenters. The van der Waals surface area contributed by atoms with Gasteiger partial charge >= 0.3 is 5.97 Å². The number of esters is 1. The van der Waals surface area contributed by atoms with E-state index < -0.39 is 5.97 Å². The Morgan fingerprint density at radius 1 is 1.31 bits per heavy atom. The number of ether oxygens (including phenoxy) is 2. The van der Waals surface area contributed by atoms with Gasteiger partial charge in [-0.2, -0.15) is 0 Å². The molecule has 0 saturated heterocycles. The van der Waals surface area contributed by atoms with Crippen molar-refractivity contribution >= 4 is 40.0 Å². The number of hydrogen-bond acceptors (Lipinski definition) is 8. The van der Waals surface area contributed by atoms with E-state index in [-0.39, 0.29) is 24.9 Å². The minimum atomic E-state index is -0.458. The molecule has 0 fully saturated rings. The summed E-state index contributed by atoms with van der Waals surface area (Å²) in [4.78, 5) is 24.4. The van der Waals surface area contributed by atoms with Gasteiger partial charge in [0.2, 0.25) is 5.91 Å². The van der Waals surface area contributed by atoms with Crippen LogP contribution in [0.5, 0.6) is 5.75 Å². The average Bonchev–Trinajstić information content (AvgIpc) is 3.38. The van der Waals surface area contributed by atoms with E-state index in [1.807, 2.05) is 35.8 Å². The number of rotatable bonds is 11. The van der Waals surface area contributed by atoms with Gasteiger partial charge in [0.15, 0.2) is 11.0 Å². The number of thiophene rings is 1. The van der Waals surface area contributed by atoms with Gasteiger partial charge < -0.3 is 14.8 Å². The quantitative estimate of drug-likeness (QED) is 0.252. The van der Waals surface area contributed by atoms with Crippen LogP contribution in [0.3, 0.4) is 0 Å². The molecule has 1 amide bonds. The predicted octanol–water partition coefficient (Wildman–Crippen LogP) is 4.32. The van der Waals surface area contributed by atoms with Gasteiger partial charge in [0.1, 0.15) is 17.4 Å². The number of nitrogens with one attached hydrogen (secondary N) is 1.